The number of benzene rings is 1. The molecule has 1 aliphatic rings. The van der Waals surface area contributed by atoms with Crippen molar-refractivity contribution in [2.75, 3.05) is 6.54 Å². The topological polar surface area (TPSA) is 40.8 Å². The maximum Gasteiger partial charge on any atom is 0.0991 e. The predicted molar refractivity (Wildman–Crippen MR) is 76.9 cm³/mol. The lowest BCUT2D eigenvalue weighted by atomic mass is 10.2. The SMILES string of the molecule is N#Cc1ccc2c(ccn2CCCCNC2CC2)c1. The minimum absolute atomic E-state index is 0.735. The molecule has 3 heteroatoms. The fraction of sp³-hybridized carbons (Fsp3) is 0.438. The first kappa shape index (κ1) is 12.3. The predicted octanol–water partition coefficient (Wildman–Crippen LogP) is 3.05. The van der Waals surface area contributed by atoms with Crippen LogP contribution in [0, 0.1) is 11.3 Å². The van der Waals surface area contributed by atoms with E-state index in [1.807, 2.05) is 12.1 Å². The lowest BCUT2D eigenvalue weighted by Gasteiger charge is -2.06. The fourth-order valence-electron chi connectivity index (χ4n) is 2.47. The molecule has 0 saturated heterocycles. The van der Waals surface area contributed by atoms with Crippen LogP contribution in [0.3, 0.4) is 0 Å². The van der Waals surface area contributed by atoms with Crippen LogP contribution in [0.15, 0.2) is 30.5 Å². The molecule has 1 N–H and O–H groups in total. The van der Waals surface area contributed by atoms with Gasteiger partial charge in [-0.3, -0.25) is 0 Å². The number of nitriles is 1. The van der Waals surface area contributed by atoms with E-state index in [1.54, 1.807) is 0 Å². The first-order chi connectivity index (χ1) is 9.36. The number of aryl methyl sites for hydroxylation is 1. The molecule has 1 fully saturated rings. The molecule has 1 saturated carbocycles. The van der Waals surface area contributed by atoms with Crippen LogP contribution in [-0.2, 0) is 6.54 Å². The standard InChI is InChI=1S/C16H19N3/c17-12-13-3-6-16-14(11-13)7-10-19(16)9-2-1-8-18-15-4-5-15/h3,6-7,10-11,15,18H,1-2,4-5,8-9H2. The molecule has 0 amide bonds. The highest BCUT2D eigenvalue weighted by atomic mass is 15.0. The van der Waals surface area contributed by atoms with Crippen molar-refractivity contribution in [3.8, 4) is 6.07 Å². The minimum atomic E-state index is 0.735. The summed E-state index contributed by atoms with van der Waals surface area (Å²) >= 11 is 0. The molecule has 0 radical (unpaired) electrons. The van der Waals surface area contributed by atoms with Crippen molar-refractivity contribution >= 4 is 10.9 Å². The van der Waals surface area contributed by atoms with E-state index in [0.717, 1.165) is 30.1 Å². The van der Waals surface area contributed by atoms with Crippen LogP contribution in [0.2, 0.25) is 0 Å². The van der Waals surface area contributed by atoms with E-state index in [0.29, 0.717) is 0 Å². The van der Waals surface area contributed by atoms with E-state index in [2.05, 4.69) is 34.3 Å². The number of aromatic nitrogens is 1. The van der Waals surface area contributed by atoms with Crippen LogP contribution >= 0.6 is 0 Å². The van der Waals surface area contributed by atoms with Gasteiger partial charge in [0, 0.05) is 29.7 Å². The van der Waals surface area contributed by atoms with Crippen molar-refractivity contribution in [3.63, 3.8) is 0 Å². The molecule has 0 atom stereocenters. The smallest absolute Gasteiger partial charge is 0.0991 e. The molecule has 3 rings (SSSR count). The van der Waals surface area contributed by atoms with Crippen LogP contribution in [0.4, 0.5) is 0 Å². The van der Waals surface area contributed by atoms with E-state index in [4.69, 9.17) is 5.26 Å². The second-order valence-electron chi connectivity index (χ2n) is 5.33. The zero-order valence-electron chi connectivity index (χ0n) is 11.1. The molecule has 1 heterocycles. The number of nitrogens with one attached hydrogen (secondary N) is 1. The molecule has 19 heavy (non-hydrogen) atoms. The van der Waals surface area contributed by atoms with Gasteiger partial charge in [-0.2, -0.15) is 5.26 Å². The van der Waals surface area contributed by atoms with Gasteiger partial charge in [0.25, 0.3) is 0 Å². The Morgan fingerprint density at radius 3 is 2.95 bits per heavy atom. The van der Waals surface area contributed by atoms with Gasteiger partial charge in [-0.1, -0.05) is 0 Å². The number of rotatable bonds is 6. The lowest BCUT2D eigenvalue weighted by molar-refractivity contribution is 0.575. The molecule has 0 bridgehead atoms. The van der Waals surface area contributed by atoms with Gasteiger partial charge in [0.15, 0.2) is 0 Å². The highest BCUT2D eigenvalue weighted by molar-refractivity contribution is 5.81. The minimum Gasteiger partial charge on any atom is -0.347 e. The van der Waals surface area contributed by atoms with Crippen LogP contribution in [0.5, 0.6) is 0 Å². The van der Waals surface area contributed by atoms with E-state index in [-0.39, 0.29) is 0 Å². The molecular formula is C16H19N3. The average molecular weight is 253 g/mol. The van der Waals surface area contributed by atoms with Crippen LogP contribution < -0.4 is 5.32 Å². The average Bonchev–Trinajstić information content (AvgIpc) is 3.18. The van der Waals surface area contributed by atoms with Crippen molar-refractivity contribution in [1.82, 2.24) is 9.88 Å². The Balaban J connectivity index is 1.56. The van der Waals surface area contributed by atoms with E-state index < -0.39 is 0 Å². The highest BCUT2D eigenvalue weighted by Crippen LogP contribution is 2.19. The molecule has 3 nitrogen and oxygen atoms in total. The number of unbranched alkanes of at least 4 members (excludes halogenated alkanes) is 1. The van der Waals surface area contributed by atoms with Crippen molar-refractivity contribution < 1.29 is 0 Å². The summed E-state index contributed by atoms with van der Waals surface area (Å²) in [5.41, 5.74) is 1.97. The van der Waals surface area contributed by atoms with Crippen LogP contribution in [0.25, 0.3) is 10.9 Å². The monoisotopic (exact) mass is 253 g/mol. The lowest BCUT2D eigenvalue weighted by Crippen LogP contribution is -2.17. The fourth-order valence-corrected chi connectivity index (χ4v) is 2.47. The third kappa shape index (κ3) is 2.97. The summed E-state index contributed by atoms with van der Waals surface area (Å²) in [6, 6.07) is 11.0. The largest absolute Gasteiger partial charge is 0.347 e. The molecule has 1 aromatic carbocycles. The normalized spacial score (nSPS) is 14.7. The Labute approximate surface area is 113 Å². The number of hydrogen-bond acceptors (Lipinski definition) is 2. The van der Waals surface area contributed by atoms with Gasteiger partial charge in [0.05, 0.1) is 11.6 Å². The summed E-state index contributed by atoms with van der Waals surface area (Å²) < 4.78 is 2.29. The Hall–Kier alpha value is -1.79. The van der Waals surface area contributed by atoms with Crippen molar-refractivity contribution in [2.45, 2.75) is 38.3 Å². The molecular weight excluding hydrogens is 234 g/mol. The summed E-state index contributed by atoms with van der Waals surface area (Å²) in [5.74, 6) is 0. The van der Waals surface area contributed by atoms with Gasteiger partial charge in [-0.15, -0.1) is 0 Å². The van der Waals surface area contributed by atoms with E-state index in [9.17, 15) is 0 Å². The third-order valence-corrected chi connectivity index (χ3v) is 3.74. The summed E-state index contributed by atoms with van der Waals surface area (Å²) in [7, 11) is 0. The third-order valence-electron chi connectivity index (χ3n) is 3.74. The summed E-state index contributed by atoms with van der Waals surface area (Å²) in [6.07, 6.45) is 7.28. The van der Waals surface area contributed by atoms with Crippen molar-refractivity contribution in [3.05, 3.63) is 36.0 Å². The van der Waals surface area contributed by atoms with Gasteiger partial charge in [-0.05, 0) is 56.5 Å². The maximum absolute atomic E-state index is 8.89. The Bertz CT molecular complexity index is 602. The molecule has 2 aromatic rings. The Kier molecular flexibility index (Phi) is 3.52. The quantitative estimate of drug-likeness (QED) is 0.804. The number of nitrogens with zero attached hydrogens (tertiary/aromatic N) is 2. The highest BCUT2D eigenvalue weighted by Gasteiger charge is 2.19. The zero-order chi connectivity index (χ0) is 13.1. The number of fused-ring (bicyclic) bond motifs is 1. The Morgan fingerprint density at radius 2 is 2.16 bits per heavy atom. The van der Waals surface area contributed by atoms with Gasteiger partial charge in [0.2, 0.25) is 0 Å². The van der Waals surface area contributed by atoms with Gasteiger partial charge in [0.1, 0.15) is 0 Å². The van der Waals surface area contributed by atoms with Crippen molar-refractivity contribution in [1.29, 1.82) is 5.26 Å². The van der Waals surface area contributed by atoms with E-state index >= 15 is 0 Å². The first-order valence-corrected chi connectivity index (χ1v) is 7.09. The molecule has 0 spiro atoms. The van der Waals surface area contributed by atoms with Gasteiger partial charge < -0.3 is 9.88 Å². The molecule has 1 aliphatic carbocycles. The number of hydrogen-bond donors (Lipinski definition) is 1. The maximum atomic E-state index is 8.89. The van der Waals surface area contributed by atoms with Crippen LogP contribution in [-0.4, -0.2) is 17.2 Å². The zero-order valence-corrected chi connectivity index (χ0v) is 11.1. The second-order valence-corrected chi connectivity index (χ2v) is 5.33. The molecule has 0 aliphatic heterocycles. The van der Waals surface area contributed by atoms with Gasteiger partial charge in [-0.25, -0.2) is 0 Å². The molecule has 0 unspecified atom stereocenters. The van der Waals surface area contributed by atoms with Gasteiger partial charge >= 0.3 is 0 Å². The van der Waals surface area contributed by atoms with E-state index in [1.165, 1.54) is 31.2 Å². The van der Waals surface area contributed by atoms with Crippen LogP contribution in [0.1, 0.15) is 31.2 Å². The summed E-state index contributed by atoms with van der Waals surface area (Å²) in [4.78, 5) is 0. The summed E-state index contributed by atoms with van der Waals surface area (Å²) in [6.45, 7) is 2.20. The Morgan fingerprint density at radius 1 is 1.26 bits per heavy atom. The molecule has 1 aromatic heterocycles. The van der Waals surface area contributed by atoms with Crippen molar-refractivity contribution in [2.24, 2.45) is 0 Å². The first-order valence-electron chi connectivity index (χ1n) is 7.09. The summed E-state index contributed by atoms with van der Waals surface area (Å²) in [5, 5.41) is 13.6. The molecule has 98 valence electrons. The second kappa shape index (κ2) is 5.46.